The predicted octanol–water partition coefficient (Wildman–Crippen LogP) is 5.60. The van der Waals surface area contributed by atoms with Gasteiger partial charge < -0.3 is 5.32 Å². The van der Waals surface area contributed by atoms with E-state index in [0.29, 0.717) is 15.8 Å². The van der Waals surface area contributed by atoms with Crippen molar-refractivity contribution in [2.45, 2.75) is 4.90 Å². The topological polar surface area (TPSA) is 84.0 Å². The molecular weight excluding hydrogens is 455 g/mol. The second-order valence-electron chi connectivity index (χ2n) is 5.76. The number of thiazole rings is 2. The molecule has 0 unspecified atom stereocenters. The maximum atomic E-state index is 14.5. The summed E-state index contributed by atoms with van der Waals surface area (Å²) in [5.41, 5.74) is 2.04. The van der Waals surface area contributed by atoms with Crippen LogP contribution in [-0.2, 0) is 10.0 Å². The molecular formula is C18H12ClFN4O2S3. The monoisotopic (exact) mass is 466 g/mol. The summed E-state index contributed by atoms with van der Waals surface area (Å²) in [7, 11) is -4.07. The Morgan fingerprint density at radius 3 is 2.52 bits per heavy atom. The maximum absolute atomic E-state index is 14.5. The average Bonchev–Trinajstić information content (AvgIpc) is 3.34. The number of sulfonamides is 1. The molecule has 148 valence electrons. The van der Waals surface area contributed by atoms with Crippen LogP contribution in [-0.4, -0.2) is 18.4 Å². The molecule has 0 aliphatic carbocycles. The van der Waals surface area contributed by atoms with Gasteiger partial charge in [0.15, 0.2) is 10.3 Å². The van der Waals surface area contributed by atoms with Crippen LogP contribution < -0.4 is 10.0 Å². The van der Waals surface area contributed by atoms with Crippen LogP contribution in [0, 0.1) is 5.82 Å². The van der Waals surface area contributed by atoms with Gasteiger partial charge in [0.1, 0.15) is 10.7 Å². The molecule has 4 rings (SSSR count). The molecule has 0 aliphatic rings. The van der Waals surface area contributed by atoms with Crippen molar-refractivity contribution < 1.29 is 12.8 Å². The van der Waals surface area contributed by atoms with Crippen LogP contribution in [0.4, 0.5) is 20.3 Å². The fourth-order valence-corrected chi connectivity index (χ4v) is 5.16. The summed E-state index contributed by atoms with van der Waals surface area (Å²) in [6, 6.07) is 11.0. The number of hydrogen-bond donors (Lipinski definition) is 2. The number of nitrogens with zero attached hydrogens (tertiary/aromatic N) is 2. The van der Waals surface area contributed by atoms with Crippen molar-refractivity contribution >= 4 is 60.2 Å². The van der Waals surface area contributed by atoms with Gasteiger partial charge in [0.2, 0.25) is 0 Å². The molecule has 2 N–H and O–H groups in total. The van der Waals surface area contributed by atoms with E-state index in [4.69, 9.17) is 11.6 Å². The van der Waals surface area contributed by atoms with Crippen molar-refractivity contribution in [2.24, 2.45) is 0 Å². The lowest BCUT2D eigenvalue weighted by molar-refractivity contribution is 0.571. The van der Waals surface area contributed by atoms with Crippen molar-refractivity contribution in [3.8, 4) is 11.3 Å². The third-order valence-corrected chi connectivity index (χ3v) is 6.97. The second-order valence-corrected chi connectivity index (χ2v) is 9.60. The minimum absolute atomic E-state index is 0.170. The smallest absolute Gasteiger partial charge is 0.266 e. The number of rotatable bonds is 6. The molecule has 0 saturated carbocycles. The molecule has 2 aromatic heterocycles. The summed E-state index contributed by atoms with van der Waals surface area (Å²) in [6.45, 7) is 0. The molecule has 0 aliphatic heterocycles. The van der Waals surface area contributed by atoms with Gasteiger partial charge in [-0.2, -0.15) is 0 Å². The van der Waals surface area contributed by atoms with Crippen molar-refractivity contribution in [1.29, 1.82) is 0 Å². The van der Waals surface area contributed by atoms with Crippen LogP contribution in [0.5, 0.6) is 0 Å². The predicted molar refractivity (Wildman–Crippen MR) is 115 cm³/mol. The summed E-state index contributed by atoms with van der Waals surface area (Å²) < 4.78 is 41.4. The lowest BCUT2D eigenvalue weighted by Gasteiger charge is -2.08. The first-order valence-electron chi connectivity index (χ1n) is 8.11. The Kier molecular flexibility index (Phi) is 5.50. The maximum Gasteiger partial charge on any atom is 0.266 e. The van der Waals surface area contributed by atoms with Gasteiger partial charge >= 0.3 is 0 Å². The molecule has 4 aromatic rings. The van der Waals surface area contributed by atoms with Gasteiger partial charge in [-0.25, -0.2) is 22.8 Å². The highest BCUT2D eigenvalue weighted by Crippen LogP contribution is 2.29. The third-order valence-electron chi connectivity index (χ3n) is 3.77. The fourth-order valence-electron chi connectivity index (χ4n) is 2.45. The first kappa shape index (κ1) is 19.8. The first-order valence-corrected chi connectivity index (χ1v) is 11.7. The lowest BCUT2D eigenvalue weighted by atomic mass is 10.2. The van der Waals surface area contributed by atoms with E-state index in [2.05, 4.69) is 20.0 Å². The van der Waals surface area contributed by atoms with E-state index in [0.717, 1.165) is 28.7 Å². The highest BCUT2D eigenvalue weighted by atomic mass is 35.5. The standard InChI is InChI=1S/C18H12ClFN4O2S3/c19-12-3-1-11(2-4-12)15-10-28-18(23-15)22-13-5-6-16(14(20)9-13)29(25,26)24-17-21-7-8-27-17/h1-10H,(H,21,24)(H,22,23). The van der Waals surface area contributed by atoms with Gasteiger partial charge in [-0.05, 0) is 30.3 Å². The van der Waals surface area contributed by atoms with Crippen molar-refractivity contribution in [1.82, 2.24) is 9.97 Å². The number of aromatic nitrogens is 2. The van der Waals surface area contributed by atoms with Gasteiger partial charge in [-0.15, -0.1) is 22.7 Å². The van der Waals surface area contributed by atoms with Crippen LogP contribution in [0.2, 0.25) is 5.02 Å². The summed E-state index contributed by atoms with van der Waals surface area (Å²) in [5.74, 6) is -0.881. The van der Waals surface area contributed by atoms with Gasteiger partial charge in [-0.1, -0.05) is 23.7 Å². The number of benzene rings is 2. The van der Waals surface area contributed by atoms with E-state index >= 15 is 0 Å². The normalized spacial score (nSPS) is 11.4. The van der Waals surface area contributed by atoms with E-state index in [1.165, 1.54) is 29.7 Å². The fraction of sp³-hybridized carbons (Fsp3) is 0. The molecule has 6 nitrogen and oxygen atoms in total. The Morgan fingerprint density at radius 1 is 1.03 bits per heavy atom. The summed E-state index contributed by atoms with van der Waals surface area (Å²) >= 11 is 8.35. The van der Waals surface area contributed by atoms with Crippen molar-refractivity contribution in [3.05, 3.63) is 70.3 Å². The highest BCUT2D eigenvalue weighted by molar-refractivity contribution is 7.93. The first-order chi connectivity index (χ1) is 13.9. The minimum Gasteiger partial charge on any atom is -0.331 e. The Bertz CT molecular complexity index is 1240. The SMILES string of the molecule is O=S(=O)(Nc1nccs1)c1ccc(Nc2nc(-c3ccc(Cl)cc3)cs2)cc1F. The molecule has 0 amide bonds. The van der Waals surface area contributed by atoms with Crippen molar-refractivity contribution in [2.75, 3.05) is 10.0 Å². The molecule has 0 fully saturated rings. The third kappa shape index (κ3) is 4.56. The van der Waals surface area contributed by atoms with E-state index in [1.54, 1.807) is 17.5 Å². The lowest BCUT2D eigenvalue weighted by Crippen LogP contribution is -2.14. The number of nitrogens with one attached hydrogen (secondary N) is 2. The molecule has 29 heavy (non-hydrogen) atoms. The van der Waals surface area contributed by atoms with Gasteiger partial charge in [0.05, 0.1) is 5.69 Å². The Balaban J connectivity index is 1.52. The zero-order chi connectivity index (χ0) is 20.4. The van der Waals surface area contributed by atoms with Crippen molar-refractivity contribution in [3.63, 3.8) is 0 Å². The number of anilines is 3. The number of halogens is 2. The zero-order valence-electron chi connectivity index (χ0n) is 14.5. The van der Waals surface area contributed by atoms with Crippen LogP contribution in [0.15, 0.2) is 64.3 Å². The Labute approximate surface area is 179 Å². The molecule has 0 saturated heterocycles. The zero-order valence-corrected chi connectivity index (χ0v) is 17.7. The van der Waals surface area contributed by atoms with Gasteiger partial charge in [0, 0.05) is 33.2 Å². The average molecular weight is 467 g/mol. The second kappa shape index (κ2) is 8.07. The summed E-state index contributed by atoms with van der Waals surface area (Å²) in [5, 5.41) is 7.82. The molecule has 11 heteroatoms. The summed E-state index contributed by atoms with van der Waals surface area (Å²) in [4.78, 5) is 7.84. The Hall–Kier alpha value is -2.53. The minimum atomic E-state index is -4.07. The molecule has 2 aromatic carbocycles. The van der Waals surface area contributed by atoms with E-state index in [1.807, 2.05) is 17.5 Å². The molecule has 2 heterocycles. The largest absolute Gasteiger partial charge is 0.331 e. The van der Waals surface area contributed by atoms with Crippen LogP contribution in [0.1, 0.15) is 0 Å². The quantitative estimate of drug-likeness (QED) is 0.386. The summed E-state index contributed by atoms with van der Waals surface area (Å²) in [6.07, 6.45) is 1.46. The number of hydrogen-bond acceptors (Lipinski definition) is 7. The van der Waals surface area contributed by atoms with Gasteiger partial charge in [-0.3, -0.25) is 4.72 Å². The molecule has 0 bridgehead atoms. The highest BCUT2D eigenvalue weighted by Gasteiger charge is 2.20. The van der Waals surface area contributed by atoms with E-state index < -0.39 is 20.7 Å². The van der Waals surface area contributed by atoms with Gasteiger partial charge in [0.25, 0.3) is 10.0 Å². The molecule has 0 atom stereocenters. The van der Waals surface area contributed by atoms with E-state index in [-0.39, 0.29) is 5.13 Å². The Morgan fingerprint density at radius 2 is 1.83 bits per heavy atom. The van der Waals surface area contributed by atoms with Crippen LogP contribution in [0.25, 0.3) is 11.3 Å². The van der Waals surface area contributed by atoms with Crippen LogP contribution >= 0.6 is 34.3 Å². The molecule has 0 spiro atoms. The van der Waals surface area contributed by atoms with E-state index in [9.17, 15) is 12.8 Å². The molecule has 0 radical (unpaired) electrons. The van der Waals surface area contributed by atoms with Crippen LogP contribution in [0.3, 0.4) is 0 Å².